The molecule has 1 aromatic heterocycles. The predicted octanol–water partition coefficient (Wildman–Crippen LogP) is 3.00. The van der Waals surface area contributed by atoms with Crippen LogP contribution in [-0.2, 0) is 4.79 Å². The Morgan fingerprint density at radius 2 is 1.55 bits per heavy atom. The molecule has 2 fully saturated rings. The molecule has 166 valence electrons. The molecule has 3 heterocycles. The maximum atomic E-state index is 13.3. The zero-order valence-electron chi connectivity index (χ0n) is 18.4. The molecule has 7 heteroatoms. The number of halogens is 1. The normalized spacial score (nSPS) is 17.8. The minimum Gasteiger partial charge on any atom is -0.342 e. The lowest BCUT2D eigenvalue weighted by Gasteiger charge is -2.24. The molecular weight excluding hydrogens is 395 g/mol. The van der Waals surface area contributed by atoms with Crippen molar-refractivity contribution in [3.8, 4) is 5.69 Å². The number of likely N-dealkylation sites (tertiary alicyclic amines) is 1. The first kappa shape index (κ1) is 21.6. The number of hydrogen-bond donors (Lipinski definition) is 0. The van der Waals surface area contributed by atoms with Gasteiger partial charge in [0.2, 0.25) is 5.91 Å². The Morgan fingerprint density at radius 1 is 0.871 bits per heavy atom. The molecule has 2 aromatic rings. The lowest BCUT2D eigenvalue weighted by atomic mass is 10.2. The van der Waals surface area contributed by atoms with Crippen molar-refractivity contribution in [2.45, 2.75) is 33.1 Å². The van der Waals surface area contributed by atoms with E-state index in [0.717, 1.165) is 56.0 Å². The average molecular weight is 427 g/mol. The second-order valence-corrected chi connectivity index (χ2v) is 8.61. The Kier molecular flexibility index (Phi) is 6.41. The summed E-state index contributed by atoms with van der Waals surface area (Å²) in [6, 6.07) is 8.24. The second kappa shape index (κ2) is 9.22. The fourth-order valence-corrected chi connectivity index (χ4v) is 4.73. The quantitative estimate of drug-likeness (QED) is 0.755. The molecule has 2 amide bonds. The Morgan fingerprint density at radius 3 is 2.26 bits per heavy atom. The van der Waals surface area contributed by atoms with Gasteiger partial charge in [-0.1, -0.05) is 0 Å². The van der Waals surface area contributed by atoms with Gasteiger partial charge in [-0.15, -0.1) is 0 Å². The molecule has 1 aromatic carbocycles. The molecule has 0 unspecified atom stereocenters. The molecule has 2 aliphatic rings. The number of nitrogens with zero attached hydrogens (tertiary/aromatic N) is 4. The highest BCUT2D eigenvalue weighted by atomic mass is 19.1. The first-order chi connectivity index (χ1) is 14.9. The number of carbonyl (C=O) groups excluding carboxylic acids is 2. The van der Waals surface area contributed by atoms with E-state index in [4.69, 9.17) is 0 Å². The number of aromatic nitrogens is 1. The first-order valence-electron chi connectivity index (χ1n) is 11.2. The third-order valence-corrected chi connectivity index (χ3v) is 6.44. The molecular formula is C24H31FN4O2. The Bertz CT molecular complexity index is 947. The van der Waals surface area contributed by atoms with E-state index in [1.54, 1.807) is 12.1 Å². The van der Waals surface area contributed by atoms with Crippen molar-refractivity contribution in [1.82, 2.24) is 19.3 Å². The molecule has 0 radical (unpaired) electrons. The van der Waals surface area contributed by atoms with Gasteiger partial charge in [0, 0.05) is 56.3 Å². The van der Waals surface area contributed by atoms with Crippen molar-refractivity contribution < 1.29 is 14.0 Å². The molecule has 0 aliphatic carbocycles. The molecule has 4 rings (SSSR count). The Hall–Kier alpha value is -2.67. The maximum absolute atomic E-state index is 13.3. The zero-order chi connectivity index (χ0) is 22.0. The van der Waals surface area contributed by atoms with Crippen LogP contribution in [0.2, 0.25) is 0 Å². The van der Waals surface area contributed by atoms with Crippen LogP contribution in [0.1, 0.15) is 41.0 Å². The van der Waals surface area contributed by atoms with Crippen molar-refractivity contribution in [2.75, 3.05) is 45.8 Å². The molecule has 0 N–H and O–H groups in total. The molecule has 0 saturated carbocycles. The smallest absolute Gasteiger partial charge is 0.255 e. The average Bonchev–Trinajstić information content (AvgIpc) is 3.32. The van der Waals surface area contributed by atoms with Crippen molar-refractivity contribution in [3.63, 3.8) is 0 Å². The van der Waals surface area contributed by atoms with Crippen LogP contribution in [0.5, 0.6) is 0 Å². The number of benzene rings is 1. The van der Waals surface area contributed by atoms with Crippen LogP contribution < -0.4 is 0 Å². The number of hydrogen-bond acceptors (Lipinski definition) is 3. The first-order valence-corrected chi connectivity index (χ1v) is 11.2. The van der Waals surface area contributed by atoms with E-state index in [9.17, 15) is 14.0 Å². The van der Waals surface area contributed by atoms with Crippen LogP contribution in [0.4, 0.5) is 4.39 Å². The second-order valence-electron chi connectivity index (χ2n) is 8.61. The number of amides is 2. The van der Waals surface area contributed by atoms with E-state index in [1.807, 2.05) is 34.3 Å². The van der Waals surface area contributed by atoms with Gasteiger partial charge in [-0.3, -0.25) is 14.5 Å². The largest absolute Gasteiger partial charge is 0.342 e. The van der Waals surface area contributed by atoms with Crippen molar-refractivity contribution >= 4 is 11.8 Å². The summed E-state index contributed by atoms with van der Waals surface area (Å²) in [5, 5.41) is 0. The summed E-state index contributed by atoms with van der Waals surface area (Å²) >= 11 is 0. The summed E-state index contributed by atoms with van der Waals surface area (Å²) < 4.78 is 15.3. The van der Waals surface area contributed by atoms with E-state index in [0.29, 0.717) is 31.7 Å². The summed E-state index contributed by atoms with van der Waals surface area (Å²) in [6.45, 7) is 8.94. The highest BCUT2D eigenvalue weighted by Gasteiger charge is 2.26. The summed E-state index contributed by atoms with van der Waals surface area (Å²) in [6.07, 6.45) is 3.06. The van der Waals surface area contributed by atoms with Crippen molar-refractivity contribution in [2.24, 2.45) is 0 Å². The number of aryl methyl sites for hydroxylation is 1. The third kappa shape index (κ3) is 4.66. The van der Waals surface area contributed by atoms with Gasteiger partial charge in [0.1, 0.15) is 5.82 Å². The molecule has 0 spiro atoms. The van der Waals surface area contributed by atoms with Gasteiger partial charge in [0.25, 0.3) is 5.91 Å². The molecule has 0 bridgehead atoms. The minimum absolute atomic E-state index is 0.0224. The fourth-order valence-electron chi connectivity index (χ4n) is 4.73. The van der Waals surface area contributed by atoms with Gasteiger partial charge < -0.3 is 14.4 Å². The summed E-state index contributed by atoms with van der Waals surface area (Å²) in [7, 11) is 0. The molecule has 6 nitrogen and oxygen atoms in total. The summed E-state index contributed by atoms with van der Waals surface area (Å²) in [5.74, 6) is -0.0471. The van der Waals surface area contributed by atoms with Gasteiger partial charge in [-0.25, -0.2) is 4.39 Å². The minimum atomic E-state index is -0.278. The van der Waals surface area contributed by atoms with E-state index >= 15 is 0 Å². The van der Waals surface area contributed by atoms with Crippen LogP contribution in [0, 0.1) is 19.7 Å². The van der Waals surface area contributed by atoms with Crippen molar-refractivity contribution in [1.29, 1.82) is 0 Å². The van der Waals surface area contributed by atoms with Crippen molar-refractivity contribution in [3.05, 3.63) is 53.1 Å². The number of rotatable bonds is 4. The van der Waals surface area contributed by atoms with Gasteiger partial charge in [0.15, 0.2) is 0 Å². The monoisotopic (exact) mass is 426 g/mol. The van der Waals surface area contributed by atoms with E-state index in [-0.39, 0.29) is 17.6 Å². The standard InChI is InChI=1S/C24H31FN4O2/c1-18-16-22(19(2)29(18)21-8-6-20(25)7-9-21)24(31)28-13-5-10-26(14-15-28)17-23(30)27-11-3-4-12-27/h6-9,16H,3-5,10-15,17H2,1-2H3. The predicted molar refractivity (Wildman–Crippen MR) is 118 cm³/mol. The lowest BCUT2D eigenvalue weighted by molar-refractivity contribution is -0.131. The van der Waals surface area contributed by atoms with Gasteiger partial charge in [-0.2, -0.15) is 0 Å². The van der Waals surface area contributed by atoms with E-state index in [1.165, 1.54) is 12.1 Å². The van der Waals surface area contributed by atoms with Gasteiger partial charge >= 0.3 is 0 Å². The van der Waals surface area contributed by atoms with Gasteiger partial charge in [0.05, 0.1) is 12.1 Å². The van der Waals surface area contributed by atoms with E-state index in [2.05, 4.69) is 4.90 Å². The summed E-state index contributed by atoms with van der Waals surface area (Å²) in [4.78, 5) is 31.8. The van der Waals surface area contributed by atoms with Crippen LogP contribution in [-0.4, -0.2) is 76.9 Å². The highest BCUT2D eigenvalue weighted by molar-refractivity contribution is 5.96. The topological polar surface area (TPSA) is 48.8 Å². The molecule has 31 heavy (non-hydrogen) atoms. The maximum Gasteiger partial charge on any atom is 0.255 e. The van der Waals surface area contributed by atoms with Crippen LogP contribution in [0.25, 0.3) is 5.69 Å². The van der Waals surface area contributed by atoms with Crippen LogP contribution in [0.15, 0.2) is 30.3 Å². The Labute approximate surface area is 183 Å². The summed E-state index contributed by atoms with van der Waals surface area (Å²) in [5.41, 5.74) is 3.33. The Balaban J connectivity index is 1.43. The lowest BCUT2D eigenvalue weighted by Crippen LogP contribution is -2.41. The highest BCUT2D eigenvalue weighted by Crippen LogP contribution is 2.23. The molecule has 0 atom stereocenters. The fraction of sp³-hybridized carbons (Fsp3) is 0.500. The third-order valence-electron chi connectivity index (χ3n) is 6.44. The van der Waals surface area contributed by atoms with Gasteiger partial charge in [-0.05, 0) is 63.4 Å². The number of carbonyl (C=O) groups is 2. The molecule has 2 saturated heterocycles. The SMILES string of the molecule is Cc1cc(C(=O)N2CCCN(CC(=O)N3CCCC3)CC2)c(C)n1-c1ccc(F)cc1. The van der Waals surface area contributed by atoms with E-state index < -0.39 is 0 Å². The van der Waals surface area contributed by atoms with Crippen LogP contribution in [0.3, 0.4) is 0 Å². The molecule has 2 aliphatic heterocycles. The zero-order valence-corrected chi connectivity index (χ0v) is 18.4. The van der Waals surface area contributed by atoms with Crippen LogP contribution >= 0.6 is 0 Å².